The number of methoxy groups -OCH3 is 1. The van der Waals surface area contributed by atoms with Crippen LogP contribution in [0.1, 0.15) is 31.7 Å². The quantitative estimate of drug-likeness (QED) is 0.427. The van der Waals surface area contributed by atoms with E-state index in [1.54, 1.807) is 19.1 Å². The Morgan fingerprint density at radius 2 is 2.00 bits per heavy atom. The summed E-state index contributed by atoms with van der Waals surface area (Å²) in [7, 11) is 1.35. The fraction of sp³-hybridized carbons (Fsp3) is 0.364. The molecule has 0 spiro atoms. The molecule has 0 aliphatic carbocycles. The fourth-order valence-electron chi connectivity index (χ4n) is 3.11. The van der Waals surface area contributed by atoms with Gasteiger partial charge in [0.05, 0.1) is 20.1 Å². The molecule has 0 N–H and O–H groups in total. The minimum Gasteiger partial charge on any atom is -0.469 e. The maximum atomic E-state index is 12.0. The van der Waals surface area contributed by atoms with E-state index in [4.69, 9.17) is 18.9 Å². The second-order valence-electron chi connectivity index (χ2n) is 6.74. The van der Waals surface area contributed by atoms with Crippen molar-refractivity contribution in [1.82, 2.24) is 0 Å². The van der Waals surface area contributed by atoms with Gasteiger partial charge in [0.1, 0.15) is 11.5 Å². The number of hydrogen-bond donors (Lipinski definition) is 0. The highest BCUT2D eigenvalue weighted by Crippen LogP contribution is 2.37. The van der Waals surface area contributed by atoms with Crippen molar-refractivity contribution in [2.24, 2.45) is 0 Å². The van der Waals surface area contributed by atoms with E-state index in [1.807, 2.05) is 18.2 Å². The lowest BCUT2D eigenvalue weighted by molar-refractivity contribution is -0.139. The maximum absolute atomic E-state index is 12.0. The lowest BCUT2D eigenvalue weighted by Gasteiger charge is -2.25. The highest BCUT2D eigenvalue weighted by atomic mass is 16.7. The molecule has 1 unspecified atom stereocenters. The lowest BCUT2D eigenvalue weighted by Crippen LogP contribution is -2.25. The standard InChI is InChI=1S/C22H24O6/c1-14(2)22(24)28-17-11-10-15(13-19(23)25-3)21-16(17)7-6-8-18(21)27-20-9-4-5-12-26-20/h6-8,10-11,20H,1,4-5,9,12-13H2,2-3H3. The van der Waals surface area contributed by atoms with E-state index in [2.05, 4.69) is 6.58 Å². The zero-order chi connectivity index (χ0) is 20.1. The molecule has 2 aromatic rings. The van der Waals surface area contributed by atoms with Crippen molar-refractivity contribution < 1.29 is 28.5 Å². The summed E-state index contributed by atoms with van der Waals surface area (Å²) in [5.41, 5.74) is 1.03. The molecule has 28 heavy (non-hydrogen) atoms. The minimum atomic E-state index is -0.510. The van der Waals surface area contributed by atoms with Crippen LogP contribution < -0.4 is 9.47 Å². The van der Waals surface area contributed by atoms with Crippen LogP contribution in [0, 0.1) is 0 Å². The molecular formula is C22H24O6. The Bertz CT molecular complexity index is 895. The molecule has 0 bridgehead atoms. The Morgan fingerprint density at radius 1 is 1.18 bits per heavy atom. The summed E-state index contributed by atoms with van der Waals surface area (Å²) in [5, 5.41) is 1.37. The van der Waals surface area contributed by atoms with Gasteiger partial charge in [0.2, 0.25) is 0 Å². The summed E-state index contributed by atoms with van der Waals surface area (Å²) in [6.07, 6.45) is 2.59. The largest absolute Gasteiger partial charge is 0.469 e. The Labute approximate surface area is 164 Å². The average Bonchev–Trinajstić information content (AvgIpc) is 2.70. The first-order valence-corrected chi connectivity index (χ1v) is 9.27. The smallest absolute Gasteiger partial charge is 0.338 e. The predicted octanol–water partition coefficient (Wildman–Crippen LogP) is 3.94. The molecule has 1 aliphatic heterocycles. The molecule has 1 heterocycles. The molecule has 1 atom stereocenters. The second-order valence-corrected chi connectivity index (χ2v) is 6.74. The number of hydrogen-bond acceptors (Lipinski definition) is 6. The van der Waals surface area contributed by atoms with Crippen LogP contribution in [0.15, 0.2) is 42.5 Å². The van der Waals surface area contributed by atoms with Crippen LogP contribution in [-0.2, 0) is 25.5 Å². The number of benzene rings is 2. The Kier molecular flexibility index (Phi) is 6.31. The first-order chi connectivity index (χ1) is 13.5. The van der Waals surface area contributed by atoms with Crippen LogP contribution in [0.25, 0.3) is 10.8 Å². The van der Waals surface area contributed by atoms with Crippen molar-refractivity contribution in [3.05, 3.63) is 48.0 Å². The third kappa shape index (κ3) is 4.51. The van der Waals surface area contributed by atoms with Crippen molar-refractivity contribution in [3.63, 3.8) is 0 Å². The number of fused-ring (bicyclic) bond motifs is 1. The second kappa shape index (κ2) is 8.89. The van der Waals surface area contributed by atoms with Crippen LogP contribution in [0.4, 0.5) is 0 Å². The zero-order valence-corrected chi connectivity index (χ0v) is 16.2. The van der Waals surface area contributed by atoms with Gasteiger partial charge in [0.15, 0.2) is 6.29 Å². The molecule has 6 heteroatoms. The molecule has 0 saturated carbocycles. The summed E-state index contributed by atoms with van der Waals surface area (Å²) >= 11 is 0. The first kappa shape index (κ1) is 19.9. The van der Waals surface area contributed by atoms with Crippen molar-refractivity contribution in [3.8, 4) is 11.5 Å². The van der Waals surface area contributed by atoms with Gasteiger partial charge in [-0.25, -0.2) is 4.79 Å². The van der Waals surface area contributed by atoms with Crippen LogP contribution in [-0.4, -0.2) is 31.9 Å². The Morgan fingerprint density at radius 3 is 2.68 bits per heavy atom. The molecular weight excluding hydrogens is 360 g/mol. The van der Waals surface area contributed by atoms with Gasteiger partial charge >= 0.3 is 11.9 Å². The Hall–Kier alpha value is -2.86. The number of esters is 2. The highest BCUT2D eigenvalue weighted by molar-refractivity contribution is 5.99. The summed E-state index contributed by atoms with van der Waals surface area (Å²) in [5.74, 6) is 0.0869. The van der Waals surface area contributed by atoms with E-state index in [0.717, 1.165) is 24.8 Å². The molecule has 2 aromatic carbocycles. The van der Waals surface area contributed by atoms with Gasteiger partial charge in [0.25, 0.3) is 0 Å². The van der Waals surface area contributed by atoms with E-state index in [9.17, 15) is 9.59 Å². The van der Waals surface area contributed by atoms with Crippen molar-refractivity contribution in [2.75, 3.05) is 13.7 Å². The molecule has 3 rings (SSSR count). The molecule has 6 nitrogen and oxygen atoms in total. The monoisotopic (exact) mass is 384 g/mol. The van der Waals surface area contributed by atoms with E-state index < -0.39 is 5.97 Å². The molecule has 1 fully saturated rings. The fourth-order valence-corrected chi connectivity index (χ4v) is 3.11. The first-order valence-electron chi connectivity index (χ1n) is 9.27. The molecule has 1 aliphatic rings. The number of carbonyl (C=O) groups excluding carboxylic acids is 2. The van der Waals surface area contributed by atoms with Gasteiger partial charge in [-0.3, -0.25) is 4.79 Å². The van der Waals surface area contributed by atoms with Crippen molar-refractivity contribution in [2.45, 2.75) is 38.9 Å². The SMILES string of the molecule is C=C(C)C(=O)Oc1ccc(CC(=O)OC)c2c(OC3CCCCO3)cccc12. The number of ether oxygens (including phenoxy) is 4. The molecule has 0 aromatic heterocycles. The number of rotatable bonds is 6. The highest BCUT2D eigenvalue weighted by Gasteiger charge is 2.20. The summed E-state index contributed by atoms with van der Waals surface area (Å²) in [4.78, 5) is 23.9. The van der Waals surface area contributed by atoms with Crippen LogP contribution in [0.3, 0.4) is 0 Å². The van der Waals surface area contributed by atoms with Gasteiger partial charge in [0, 0.05) is 22.8 Å². The van der Waals surface area contributed by atoms with Gasteiger partial charge in [-0.1, -0.05) is 24.8 Å². The summed E-state index contributed by atoms with van der Waals surface area (Å²) in [6, 6.07) is 8.88. The lowest BCUT2D eigenvalue weighted by atomic mass is 10.00. The molecule has 0 radical (unpaired) electrons. The van der Waals surface area contributed by atoms with Crippen LogP contribution in [0.5, 0.6) is 11.5 Å². The van der Waals surface area contributed by atoms with E-state index in [0.29, 0.717) is 34.5 Å². The van der Waals surface area contributed by atoms with Crippen LogP contribution in [0.2, 0.25) is 0 Å². The normalized spacial score (nSPS) is 16.4. The minimum absolute atomic E-state index is 0.0770. The topological polar surface area (TPSA) is 71.1 Å². The predicted molar refractivity (Wildman–Crippen MR) is 104 cm³/mol. The van der Waals surface area contributed by atoms with Gasteiger partial charge in [-0.2, -0.15) is 0 Å². The van der Waals surface area contributed by atoms with Crippen LogP contribution >= 0.6 is 0 Å². The summed E-state index contributed by atoms with van der Waals surface area (Å²) in [6.45, 7) is 5.86. The van der Waals surface area contributed by atoms with E-state index in [1.165, 1.54) is 7.11 Å². The van der Waals surface area contributed by atoms with Crippen molar-refractivity contribution in [1.29, 1.82) is 0 Å². The molecule has 148 valence electrons. The molecule has 0 amide bonds. The Balaban J connectivity index is 2.06. The van der Waals surface area contributed by atoms with Gasteiger partial charge in [-0.05, 0) is 37.5 Å². The number of carbonyl (C=O) groups is 2. The maximum Gasteiger partial charge on any atom is 0.338 e. The van der Waals surface area contributed by atoms with Crippen molar-refractivity contribution >= 4 is 22.7 Å². The van der Waals surface area contributed by atoms with Gasteiger partial charge < -0.3 is 18.9 Å². The zero-order valence-electron chi connectivity index (χ0n) is 16.2. The van der Waals surface area contributed by atoms with E-state index >= 15 is 0 Å². The van der Waals surface area contributed by atoms with E-state index in [-0.39, 0.29) is 18.7 Å². The molecule has 1 saturated heterocycles. The third-order valence-corrected chi connectivity index (χ3v) is 4.56. The summed E-state index contributed by atoms with van der Waals surface area (Å²) < 4.78 is 22.1. The van der Waals surface area contributed by atoms with Gasteiger partial charge in [-0.15, -0.1) is 0 Å². The third-order valence-electron chi connectivity index (χ3n) is 4.56. The average molecular weight is 384 g/mol.